The summed E-state index contributed by atoms with van der Waals surface area (Å²) in [5, 5.41) is 12.2. The van der Waals surface area contributed by atoms with Crippen molar-refractivity contribution in [2.24, 2.45) is 0 Å². The Morgan fingerprint density at radius 3 is 1.52 bits per heavy atom. The lowest BCUT2D eigenvalue weighted by Crippen LogP contribution is -2.51. The summed E-state index contributed by atoms with van der Waals surface area (Å²) in [7, 11) is 0. The summed E-state index contributed by atoms with van der Waals surface area (Å²) in [4.78, 5) is 25.5. The van der Waals surface area contributed by atoms with Crippen LogP contribution in [-0.2, 0) is 15.0 Å². The third kappa shape index (κ3) is 3.90. The van der Waals surface area contributed by atoms with E-state index in [-0.39, 0.29) is 6.42 Å². The smallest absolute Gasteiger partial charge is 0.327 e. The van der Waals surface area contributed by atoms with Gasteiger partial charge in [0.2, 0.25) is 5.91 Å². The van der Waals surface area contributed by atoms with E-state index in [0.29, 0.717) is 0 Å². The number of amides is 1. The molecule has 144 valence electrons. The maximum atomic E-state index is 13.8. The second kappa shape index (κ2) is 8.90. The van der Waals surface area contributed by atoms with Gasteiger partial charge in [-0.25, -0.2) is 4.79 Å². The Labute approximate surface area is 170 Å². The van der Waals surface area contributed by atoms with E-state index in [1.807, 2.05) is 91.0 Å². The van der Waals surface area contributed by atoms with Gasteiger partial charge in [-0.1, -0.05) is 91.0 Å². The van der Waals surface area contributed by atoms with E-state index in [1.165, 1.54) is 0 Å². The van der Waals surface area contributed by atoms with Crippen LogP contribution in [0.5, 0.6) is 0 Å². The van der Waals surface area contributed by atoms with Crippen LogP contribution in [0, 0.1) is 12.3 Å². The van der Waals surface area contributed by atoms with Crippen LogP contribution in [0.2, 0.25) is 0 Å². The van der Waals surface area contributed by atoms with Crippen molar-refractivity contribution in [3.63, 3.8) is 0 Å². The van der Waals surface area contributed by atoms with E-state index >= 15 is 0 Å². The van der Waals surface area contributed by atoms with Crippen LogP contribution in [0.3, 0.4) is 0 Å². The van der Waals surface area contributed by atoms with Crippen LogP contribution in [0.15, 0.2) is 91.0 Å². The standard InChI is InChI=1S/C25H21NO3/c1-2-12-22(23(27)28)26-24(29)25(19-13-6-3-7-14-19,20-15-8-4-9-16-20)21-17-10-5-11-18-21/h1,3-11,13-18,22H,12H2,(H,26,29)(H,27,28)/t22-/m1/s1. The van der Waals surface area contributed by atoms with Crippen LogP contribution < -0.4 is 5.32 Å². The number of rotatable bonds is 7. The van der Waals surface area contributed by atoms with Crippen molar-refractivity contribution in [2.75, 3.05) is 0 Å². The molecular weight excluding hydrogens is 362 g/mol. The fourth-order valence-corrected chi connectivity index (χ4v) is 3.54. The Morgan fingerprint density at radius 1 is 0.828 bits per heavy atom. The molecule has 0 aromatic heterocycles. The van der Waals surface area contributed by atoms with Gasteiger partial charge in [0.1, 0.15) is 11.5 Å². The third-order valence-corrected chi connectivity index (χ3v) is 4.89. The Bertz CT molecular complexity index is 912. The molecule has 0 radical (unpaired) electrons. The van der Waals surface area contributed by atoms with Crippen LogP contribution in [0.1, 0.15) is 23.1 Å². The first kappa shape index (κ1) is 19.9. The molecule has 0 saturated carbocycles. The molecule has 0 fully saturated rings. The van der Waals surface area contributed by atoms with Crippen LogP contribution in [0.25, 0.3) is 0 Å². The highest BCUT2D eigenvalue weighted by Gasteiger charge is 2.44. The van der Waals surface area contributed by atoms with Crippen LogP contribution in [0.4, 0.5) is 0 Å². The average Bonchev–Trinajstić information content (AvgIpc) is 2.76. The molecule has 2 N–H and O–H groups in total. The van der Waals surface area contributed by atoms with Gasteiger partial charge in [0.15, 0.2) is 0 Å². The van der Waals surface area contributed by atoms with E-state index in [4.69, 9.17) is 6.42 Å². The van der Waals surface area contributed by atoms with Crippen molar-refractivity contribution in [1.82, 2.24) is 5.32 Å². The van der Waals surface area contributed by atoms with Crippen LogP contribution in [-0.4, -0.2) is 23.0 Å². The van der Waals surface area contributed by atoms with Gasteiger partial charge in [0, 0.05) is 6.42 Å². The van der Waals surface area contributed by atoms with Gasteiger partial charge in [-0.3, -0.25) is 4.79 Å². The van der Waals surface area contributed by atoms with E-state index in [0.717, 1.165) is 16.7 Å². The maximum Gasteiger partial charge on any atom is 0.327 e. The summed E-state index contributed by atoms with van der Waals surface area (Å²) in [5.41, 5.74) is 0.978. The first-order valence-corrected chi connectivity index (χ1v) is 9.24. The topological polar surface area (TPSA) is 66.4 Å². The minimum Gasteiger partial charge on any atom is -0.480 e. The number of benzene rings is 3. The summed E-state index contributed by atoms with van der Waals surface area (Å²) in [6.45, 7) is 0. The Balaban J connectivity index is 2.27. The van der Waals surface area contributed by atoms with Crippen molar-refractivity contribution in [3.8, 4) is 12.3 Å². The van der Waals surface area contributed by atoms with Gasteiger partial charge < -0.3 is 10.4 Å². The van der Waals surface area contributed by atoms with Crippen molar-refractivity contribution < 1.29 is 14.7 Å². The summed E-state index contributed by atoms with van der Waals surface area (Å²) >= 11 is 0. The largest absolute Gasteiger partial charge is 0.480 e. The van der Waals surface area contributed by atoms with Crippen molar-refractivity contribution in [2.45, 2.75) is 17.9 Å². The fourth-order valence-electron chi connectivity index (χ4n) is 3.54. The lowest BCUT2D eigenvalue weighted by Gasteiger charge is -2.35. The van der Waals surface area contributed by atoms with Gasteiger partial charge in [-0.05, 0) is 16.7 Å². The molecule has 0 heterocycles. The molecule has 4 heteroatoms. The van der Waals surface area contributed by atoms with Crippen molar-refractivity contribution in [1.29, 1.82) is 0 Å². The SMILES string of the molecule is C#CC[C@@H](NC(=O)C(c1ccccc1)(c1ccccc1)c1ccccc1)C(=O)O. The quantitative estimate of drug-likeness (QED) is 0.484. The van der Waals surface area contributed by atoms with Gasteiger partial charge in [-0.2, -0.15) is 0 Å². The third-order valence-electron chi connectivity index (χ3n) is 4.89. The number of terminal acetylenes is 1. The molecule has 0 unspecified atom stereocenters. The molecule has 0 aliphatic carbocycles. The first-order chi connectivity index (χ1) is 14.1. The highest BCUT2D eigenvalue weighted by Crippen LogP contribution is 2.39. The maximum absolute atomic E-state index is 13.8. The molecule has 3 rings (SSSR count). The highest BCUT2D eigenvalue weighted by atomic mass is 16.4. The number of carbonyl (C=O) groups is 2. The number of carboxylic acids is 1. The van der Waals surface area contributed by atoms with Crippen LogP contribution >= 0.6 is 0 Å². The molecule has 29 heavy (non-hydrogen) atoms. The monoisotopic (exact) mass is 383 g/mol. The fraction of sp³-hybridized carbons (Fsp3) is 0.120. The number of carbonyl (C=O) groups excluding carboxylic acids is 1. The average molecular weight is 383 g/mol. The van der Waals surface area contributed by atoms with Gasteiger partial charge in [0.25, 0.3) is 0 Å². The first-order valence-electron chi connectivity index (χ1n) is 9.24. The van der Waals surface area contributed by atoms with E-state index in [1.54, 1.807) is 0 Å². The summed E-state index contributed by atoms with van der Waals surface area (Å²) < 4.78 is 0. The molecular formula is C25H21NO3. The second-order valence-electron chi connectivity index (χ2n) is 6.62. The Kier molecular flexibility index (Phi) is 6.11. The normalized spacial score (nSPS) is 11.8. The van der Waals surface area contributed by atoms with Crippen molar-refractivity contribution >= 4 is 11.9 Å². The number of carboxylic acid groups (broad SMARTS) is 1. The number of aliphatic carboxylic acids is 1. The van der Waals surface area contributed by atoms with Gasteiger partial charge in [-0.15, -0.1) is 12.3 Å². The highest BCUT2D eigenvalue weighted by molar-refractivity contribution is 5.98. The van der Waals surface area contributed by atoms with E-state index in [9.17, 15) is 14.7 Å². The zero-order valence-electron chi connectivity index (χ0n) is 15.8. The van der Waals surface area contributed by atoms with Gasteiger partial charge in [0.05, 0.1) is 0 Å². The summed E-state index contributed by atoms with van der Waals surface area (Å²) in [5.74, 6) is 0.721. The number of hydrogen-bond donors (Lipinski definition) is 2. The zero-order valence-corrected chi connectivity index (χ0v) is 15.8. The minimum atomic E-state index is -1.23. The molecule has 1 atom stereocenters. The summed E-state index contributed by atoms with van der Waals surface area (Å²) in [6.07, 6.45) is 5.22. The Morgan fingerprint density at radius 2 is 1.21 bits per heavy atom. The molecule has 0 saturated heterocycles. The lowest BCUT2D eigenvalue weighted by molar-refractivity contribution is -0.142. The van der Waals surface area contributed by atoms with Crippen molar-refractivity contribution in [3.05, 3.63) is 108 Å². The number of nitrogens with one attached hydrogen (secondary N) is 1. The molecule has 3 aromatic rings. The molecule has 0 spiro atoms. The predicted octanol–water partition coefficient (Wildman–Crippen LogP) is 3.61. The predicted molar refractivity (Wildman–Crippen MR) is 112 cm³/mol. The van der Waals surface area contributed by atoms with Gasteiger partial charge >= 0.3 is 5.97 Å². The van der Waals surface area contributed by atoms with E-state index < -0.39 is 23.3 Å². The molecule has 0 bridgehead atoms. The molecule has 4 nitrogen and oxygen atoms in total. The van der Waals surface area contributed by atoms with E-state index in [2.05, 4.69) is 11.2 Å². The minimum absolute atomic E-state index is 0.102. The molecule has 3 aromatic carbocycles. The lowest BCUT2D eigenvalue weighted by atomic mass is 9.68. The summed E-state index contributed by atoms with van der Waals surface area (Å²) in [6, 6.07) is 26.8. The molecule has 0 aliphatic rings. The second-order valence-corrected chi connectivity index (χ2v) is 6.62. The zero-order chi connectivity index (χ0) is 20.7. The number of hydrogen-bond acceptors (Lipinski definition) is 2. The Hall–Kier alpha value is -3.84. The molecule has 0 aliphatic heterocycles. The molecule has 1 amide bonds.